The number of carbonyl (C=O) groups is 1. The van der Waals surface area contributed by atoms with Crippen LogP contribution in [0.25, 0.3) is 6.08 Å². The van der Waals surface area contributed by atoms with Crippen LogP contribution in [0.2, 0.25) is 0 Å². The number of benzene rings is 2. The van der Waals surface area contributed by atoms with E-state index in [2.05, 4.69) is 4.99 Å². The van der Waals surface area contributed by atoms with Gasteiger partial charge in [-0.2, -0.15) is 0 Å². The number of fused-ring (bicyclic) bond motifs is 1. The lowest BCUT2D eigenvalue weighted by atomic mass is 10.1. The van der Waals surface area contributed by atoms with Crippen LogP contribution in [0.4, 0.5) is 5.69 Å². The van der Waals surface area contributed by atoms with E-state index < -0.39 is 10.9 Å². The van der Waals surface area contributed by atoms with Crippen LogP contribution in [-0.4, -0.2) is 30.7 Å². The number of rotatable bonds is 4. The number of methoxy groups -OCH3 is 1. The number of carbonyl (C=O) groups excluding carboxylic acids is 1. The van der Waals surface area contributed by atoms with Crippen molar-refractivity contribution in [3.8, 4) is 17.2 Å². The highest BCUT2D eigenvalue weighted by atomic mass is 16.7. The molecule has 0 aliphatic carbocycles. The van der Waals surface area contributed by atoms with Gasteiger partial charge >= 0.3 is 5.97 Å². The summed E-state index contributed by atoms with van der Waals surface area (Å²) < 4.78 is 20.7. The summed E-state index contributed by atoms with van der Waals surface area (Å²) >= 11 is 0. The SMILES string of the molecule is COc1cccc(C2=N/C(=C\c3cc4c(cc3[N+](=O)[O-])OCO4)C(=O)O2)c1. The minimum absolute atomic E-state index is 0.0211. The van der Waals surface area contributed by atoms with Crippen molar-refractivity contribution in [3.63, 3.8) is 0 Å². The van der Waals surface area contributed by atoms with Crippen molar-refractivity contribution in [2.24, 2.45) is 4.99 Å². The highest BCUT2D eigenvalue weighted by molar-refractivity contribution is 6.13. The molecule has 0 N–H and O–H groups in total. The third-order valence-corrected chi connectivity index (χ3v) is 3.95. The van der Waals surface area contributed by atoms with Crippen molar-refractivity contribution in [2.45, 2.75) is 0 Å². The van der Waals surface area contributed by atoms with E-state index in [1.807, 2.05) is 0 Å². The average Bonchev–Trinajstić information content (AvgIpc) is 3.27. The van der Waals surface area contributed by atoms with Gasteiger partial charge < -0.3 is 18.9 Å². The van der Waals surface area contributed by atoms with Crippen LogP contribution in [0.15, 0.2) is 47.1 Å². The number of cyclic esters (lactones) is 1. The fraction of sp³-hybridized carbons (Fsp3) is 0.111. The Kier molecular flexibility index (Phi) is 3.96. The van der Waals surface area contributed by atoms with Crippen LogP contribution in [0.1, 0.15) is 11.1 Å². The molecule has 0 unspecified atom stereocenters. The molecule has 136 valence electrons. The second-order valence-corrected chi connectivity index (χ2v) is 5.59. The molecule has 2 aliphatic heterocycles. The van der Waals surface area contributed by atoms with Gasteiger partial charge in [0.1, 0.15) is 5.75 Å². The highest BCUT2D eigenvalue weighted by Crippen LogP contribution is 2.39. The Hall–Kier alpha value is -3.88. The van der Waals surface area contributed by atoms with Gasteiger partial charge in [-0.3, -0.25) is 10.1 Å². The van der Waals surface area contributed by atoms with E-state index in [4.69, 9.17) is 18.9 Å². The van der Waals surface area contributed by atoms with E-state index in [1.165, 1.54) is 25.3 Å². The van der Waals surface area contributed by atoms with E-state index in [1.54, 1.807) is 24.3 Å². The number of aliphatic imine (C=N–C) groups is 1. The third-order valence-electron chi connectivity index (χ3n) is 3.95. The molecule has 2 aromatic rings. The fourth-order valence-corrected chi connectivity index (χ4v) is 2.66. The number of ether oxygens (including phenoxy) is 4. The van der Waals surface area contributed by atoms with Gasteiger partial charge in [-0.1, -0.05) is 6.07 Å². The van der Waals surface area contributed by atoms with Crippen LogP contribution in [-0.2, 0) is 9.53 Å². The van der Waals surface area contributed by atoms with Gasteiger partial charge in [-0.25, -0.2) is 9.79 Å². The molecule has 0 spiro atoms. The van der Waals surface area contributed by atoms with Crippen molar-refractivity contribution in [3.05, 3.63) is 63.3 Å². The lowest BCUT2D eigenvalue weighted by Crippen LogP contribution is -2.05. The first-order valence-electron chi connectivity index (χ1n) is 7.80. The van der Waals surface area contributed by atoms with E-state index in [0.29, 0.717) is 17.1 Å². The van der Waals surface area contributed by atoms with Crippen molar-refractivity contribution in [1.82, 2.24) is 0 Å². The van der Waals surface area contributed by atoms with Gasteiger partial charge in [-0.15, -0.1) is 0 Å². The highest BCUT2D eigenvalue weighted by Gasteiger charge is 2.27. The van der Waals surface area contributed by atoms with Crippen LogP contribution in [0.3, 0.4) is 0 Å². The van der Waals surface area contributed by atoms with Gasteiger partial charge in [0.15, 0.2) is 17.2 Å². The molecule has 0 radical (unpaired) electrons. The maximum atomic E-state index is 12.2. The molecule has 0 fully saturated rings. The van der Waals surface area contributed by atoms with Crippen molar-refractivity contribution in [1.29, 1.82) is 0 Å². The van der Waals surface area contributed by atoms with Crippen LogP contribution < -0.4 is 14.2 Å². The van der Waals surface area contributed by atoms with E-state index >= 15 is 0 Å². The van der Waals surface area contributed by atoms with Crippen LogP contribution >= 0.6 is 0 Å². The number of nitro groups is 1. The normalized spacial score (nSPS) is 16.3. The summed E-state index contributed by atoms with van der Waals surface area (Å²) in [6.07, 6.45) is 1.29. The van der Waals surface area contributed by atoms with Crippen LogP contribution in [0.5, 0.6) is 17.2 Å². The molecule has 0 amide bonds. The van der Waals surface area contributed by atoms with E-state index in [0.717, 1.165) is 0 Å². The Balaban J connectivity index is 1.75. The Labute approximate surface area is 152 Å². The zero-order valence-corrected chi connectivity index (χ0v) is 14.0. The first-order chi connectivity index (χ1) is 13.0. The Morgan fingerprint density at radius 1 is 1.22 bits per heavy atom. The summed E-state index contributed by atoms with van der Waals surface area (Å²) in [6.45, 7) is -0.0211. The molecule has 0 saturated carbocycles. The molecule has 4 rings (SSSR count). The maximum Gasteiger partial charge on any atom is 0.363 e. The molecule has 0 saturated heterocycles. The zero-order chi connectivity index (χ0) is 19.0. The lowest BCUT2D eigenvalue weighted by molar-refractivity contribution is -0.385. The summed E-state index contributed by atoms with van der Waals surface area (Å²) in [6, 6.07) is 9.53. The van der Waals surface area contributed by atoms with Gasteiger partial charge in [0.2, 0.25) is 12.7 Å². The van der Waals surface area contributed by atoms with Crippen molar-refractivity contribution < 1.29 is 28.7 Å². The smallest absolute Gasteiger partial charge is 0.363 e. The molecule has 2 heterocycles. The van der Waals surface area contributed by atoms with Gasteiger partial charge in [0.25, 0.3) is 5.69 Å². The Morgan fingerprint density at radius 3 is 2.74 bits per heavy atom. The summed E-state index contributed by atoms with van der Waals surface area (Å²) in [5.74, 6) is 0.595. The summed E-state index contributed by atoms with van der Waals surface area (Å²) in [7, 11) is 1.52. The second-order valence-electron chi connectivity index (χ2n) is 5.59. The zero-order valence-electron chi connectivity index (χ0n) is 14.0. The topological polar surface area (TPSA) is 109 Å². The molecular weight excluding hydrogens is 356 g/mol. The molecule has 2 aromatic carbocycles. The van der Waals surface area contributed by atoms with Crippen molar-refractivity contribution in [2.75, 3.05) is 13.9 Å². The molecule has 0 atom stereocenters. The number of hydrogen-bond donors (Lipinski definition) is 0. The number of hydrogen-bond acceptors (Lipinski definition) is 8. The number of esters is 1. The molecule has 9 nitrogen and oxygen atoms in total. The van der Waals surface area contributed by atoms with Crippen molar-refractivity contribution >= 4 is 23.6 Å². The first-order valence-corrected chi connectivity index (χ1v) is 7.80. The largest absolute Gasteiger partial charge is 0.497 e. The quantitative estimate of drug-likeness (QED) is 0.353. The maximum absolute atomic E-state index is 12.2. The molecule has 2 aliphatic rings. The molecule has 27 heavy (non-hydrogen) atoms. The van der Waals surface area contributed by atoms with Gasteiger partial charge in [0, 0.05) is 5.56 Å². The molecule has 9 heteroatoms. The monoisotopic (exact) mass is 368 g/mol. The van der Waals surface area contributed by atoms with Gasteiger partial charge in [-0.05, 0) is 30.3 Å². The standard InChI is InChI=1S/C18H12N2O7/c1-24-12-4-2-3-10(5-12)17-19-13(18(21)27-17)6-11-7-15-16(26-9-25-15)8-14(11)20(22)23/h2-8H,9H2,1H3/b13-6-. The minimum Gasteiger partial charge on any atom is -0.497 e. The molecule has 0 bridgehead atoms. The Morgan fingerprint density at radius 2 is 2.00 bits per heavy atom. The number of nitro benzene ring substituents is 1. The second kappa shape index (κ2) is 6.45. The summed E-state index contributed by atoms with van der Waals surface area (Å²) in [5, 5.41) is 11.3. The lowest BCUT2D eigenvalue weighted by Gasteiger charge is -2.02. The minimum atomic E-state index is -0.709. The summed E-state index contributed by atoms with van der Waals surface area (Å²) in [5.41, 5.74) is 0.414. The van der Waals surface area contributed by atoms with Gasteiger partial charge in [0.05, 0.1) is 23.7 Å². The number of nitrogens with zero attached hydrogens (tertiary/aromatic N) is 2. The third kappa shape index (κ3) is 3.06. The molecule has 0 aromatic heterocycles. The molecular formula is C18H12N2O7. The summed E-state index contributed by atoms with van der Waals surface area (Å²) in [4.78, 5) is 27.1. The van der Waals surface area contributed by atoms with Crippen LogP contribution in [0, 0.1) is 10.1 Å². The van der Waals surface area contributed by atoms with E-state index in [9.17, 15) is 14.9 Å². The fourth-order valence-electron chi connectivity index (χ4n) is 2.66. The van der Waals surface area contributed by atoms with E-state index in [-0.39, 0.29) is 35.4 Å². The average molecular weight is 368 g/mol. The Bertz CT molecular complexity index is 1030. The first kappa shape index (κ1) is 16.6. The predicted octanol–water partition coefficient (Wildman–Crippen LogP) is 2.68. The predicted molar refractivity (Wildman–Crippen MR) is 92.8 cm³/mol.